The molecular weight excluding hydrogens is 382 g/mol. The number of carbonyl (C=O) groups is 1. The lowest BCUT2D eigenvalue weighted by Gasteiger charge is -2.22. The molecule has 0 saturated carbocycles. The van der Waals surface area contributed by atoms with Crippen LogP contribution in [0, 0.1) is 17.0 Å². The normalized spacial score (nSPS) is 11.3. The third-order valence-corrected chi connectivity index (χ3v) is 5.45. The van der Waals surface area contributed by atoms with Crippen LogP contribution < -0.4 is 9.62 Å². The van der Waals surface area contributed by atoms with Crippen molar-refractivity contribution in [3.63, 3.8) is 0 Å². The van der Waals surface area contributed by atoms with Gasteiger partial charge in [-0.15, -0.1) is 0 Å². The third-order valence-electron chi connectivity index (χ3n) is 4.31. The number of sulfonamides is 1. The monoisotopic (exact) mass is 405 g/mol. The van der Waals surface area contributed by atoms with Gasteiger partial charge in [0, 0.05) is 6.07 Å². The lowest BCUT2D eigenvalue weighted by atomic mass is 10.0. The van der Waals surface area contributed by atoms with Gasteiger partial charge in [-0.05, 0) is 36.6 Å². The summed E-state index contributed by atoms with van der Waals surface area (Å²) in [6.45, 7) is 5.13. The molecule has 0 spiro atoms. The molecule has 1 amide bonds. The van der Waals surface area contributed by atoms with Gasteiger partial charge in [-0.1, -0.05) is 32.0 Å². The highest BCUT2D eigenvalue weighted by atomic mass is 32.2. The second kappa shape index (κ2) is 8.39. The Bertz CT molecular complexity index is 985. The standard InChI is InChI=1S/C19H23N3O5S/c1-13(2)15-8-10-16(11-9-15)21(28(4,26)27)12-19(23)20-17-6-5-7-18(14(17)3)22(24)25/h5-11,13H,12H2,1-4H3,(H,20,23). The van der Waals surface area contributed by atoms with Gasteiger partial charge in [0.05, 0.1) is 28.1 Å². The maximum absolute atomic E-state index is 12.5. The molecule has 0 heterocycles. The SMILES string of the molecule is Cc1c(NC(=O)CN(c2ccc(C(C)C)cc2)S(C)(=O)=O)cccc1[N+](=O)[O-]. The molecule has 150 valence electrons. The number of rotatable bonds is 7. The van der Waals surface area contributed by atoms with Gasteiger partial charge in [0.25, 0.3) is 5.69 Å². The molecule has 0 bridgehead atoms. The van der Waals surface area contributed by atoms with Crippen molar-refractivity contribution in [3.8, 4) is 0 Å². The van der Waals surface area contributed by atoms with E-state index in [1.54, 1.807) is 12.1 Å². The van der Waals surface area contributed by atoms with E-state index >= 15 is 0 Å². The van der Waals surface area contributed by atoms with Crippen LogP contribution in [0.2, 0.25) is 0 Å². The molecule has 2 rings (SSSR count). The van der Waals surface area contributed by atoms with Gasteiger partial charge in [0.2, 0.25) is 15.9 Å². The fraction of sp³-hybridized carbons (Fsp3) is 0.316. The van der Waals surface area contributed by atoms with Crippen molar-refractivity contribution in [1.82, 2.24) is 0 Å². The van der Waals surface area contributed by atoms with Crippen molar-refractivity contribution >= 4 is 33.0 Å². The molecule has 0 fully saturated rings. The number of nitro groups is 1. The second-order valence-corrected chi connectivity index (χ2v) is 8.68. The summed E-state index contributed by atoms with van der Waals surface area (Å²) in [6, 6.07) is 11.3. The number of nitrogens with zero attached hydrogens (tertiary/aromatic N) is 2. The average Bonchev–Trinajstić information content (AvgIpc) is 2.60. The fourth-order valence-corrected chi connectivity index (χ4v) is 3.56. The maximum atomic E-state index is 12.5. The first-order chi connectivity index (χ1) is 13.0. The molecule has 0 saturated heterocycles. The van der Waals surface area contributed by atoms with E-state index in [1.165, 1.54) is 25.1 Å². The van der Waals surface area contributed by atoms with Gasteiger partial charge in [-0.3, -0.25) is 19.2 Å². The fourth-order valence-electron chi connectivity index (χ4n) is 2.70. The summed E-state index contributed by atoms with van der Waals surface area (Å²) in [5.74, 6) is -0.303. The second-order valence-electron chi connectivity index (χ2n) is 6.77. The number of amides is 1. The topological polar surface area (TPSA) is 110 Å². The van der Waals surface area contributed by atoms with Gasteiger partial charge in [-0.2, -0.15) is 0 Å². The van der Waals surface area contributed by atoms with Crippen LogP contribution in [0.1, 0.15) is 30.9 Å². The third kappa shape index (κ3) is 5.07. The molecule has 0 unspecified atom stereocenters. The Balaban J connectivity index is 2.25. The quantitative estimate of drug-likeness (QED) is 0.560. The summed E-state index contributed by atoms with van der Waals surface area (Å²) < 4.78 is 25.4. The predicted molar refractivity (Wildman–Crippen MR) is 109 cm³/mol. The Morgan fingerprint density at radius 3 is 2.29 bits per heavy atom. The van der Waals surface area contributed by atoms with E-state index in [2.05, 4.69) is 5.32 Å². The first kappa shape index (κ1) is 21.4. The van der Waals surface area contributed by atoms with E-state index in [4.69, 9.17) is 0 Å². The van der Waals surface area contributed by atoms with Crippen LogP contribution in [0.25, 0.3) is 0 Å². The Morgan fingerprint density at radius 2 is 1.79 bits per heavy atom. The molecule has 0 aliphatic rings. The maximum Gasteiger partial charge on any atom is 0.274 e. The van der Waals surface area contributed by atoms with Gasteiger partial charge < -0.3 is 5.32 Å². The molecule has 28 heavy (non-hydrogen) atoms. The summed E-state index contributed by atoms with van der Waals surface area (Å²) >= 11 is 0. The van der Waals surface area contributed by atoms with Crippen LogP contribution in [0.3, 0.4) is 0 Å². The highest BCUT2D eigenvalue weighted by Gasteiger charge is 2.22. The minimum atomic E-state index is -3.71. The lowest BCUT2D eigenvalue weighted by Crippen LogP contribution is -2.37. The van der Waals surface area contributed by atoms with Crippen molar-refractivity contribution < 1.29 is 18.1 Å². The number of anilines is 2. The molecule has 2 aromatic carbocycles. The molecule has 2 aromatic rings. The average molecular weight is 405 g/mol. The zero-order valence-corrected chi connectivity index (χ0v) is 17.0. The van der Waals surface area contributed by atoms with Crippen LogP contribution in [0.5, 0.6) is 0 Å². The smallest absolute Gasteiger partial charge is 0.274 e. The Morgan fingerprint density at radius 1 is 1.18 bits per heavy atom. The van der Waals surface area contributed by atoms with Crippen molar-refractivity contribution in [2.75, 3.05) is 22.4 Å². The number of nitro benzene ring substituents is 1. The van der Waals surface area contributed by atoms with Gasteiger partial charge in [-0.25, -0.2) is 8.42 Å². The predicted octanol–water partition coefficient (Wildman–Crippen LogP) is 3.43. The van der Waals surface area contributed by atoms with Crippen LogP contribution >= 0.6 is 0 Å². The van der Waals surface area contributed by atoms with E-state index in [0.717, 1.165) is 16.1 Å². The number of hydrogen-bond donors (Lipinski definition) is 1. The van der Waals surface area contributed by atoms with Crippen LogP contribution in [-0.2, 0) is 14.8 Å². The van der Waals surface area contributed by atoms with Crippen molar-refractivity contribution in [2.24, 2.45) is 0 Å². The molecule has 8 nitrogen and oxygen atoms in total. The summed E-state index contributed by atoms with van der Waals surface area (Å²) in [5.41, 5.74) is 1.87. The van der Waals surface area contributed by atoms with Crippen LogP contribution in [0.4, 0.5) is 17.1 Å². The highest BCUT2D eigenvalue weighted by molar-refractivity contribution is 7.92. The molecule has 9 heteroatoms. The molecule has 0 aromatic heterocycles. The molecule has 0 aliphatic carbocycles. The first-order valence-electron chi connectivity index (χ1n) is 8.62. The number of nitrogens with one attached hydrogen (secondary N) is 1. The first-order valence-corrected chi connectivity index (χ1v) is 10.5. The number of hydrogen-bond acceptors (Lipinski definition) is 5. The van der Waals surface area contributed by atoms with Gasteiger partial charge >= 0.3 is 0 Å². The lowest BCUT2D eigenvalue weighted by molar-refractivity contribution is -0.385. The van der Waals surface area contributed by atoms with Gasteiger partial charge in [0.1, 0.15) is 6.54 Å². The molecule has 0 radical (unpaired) electrons. The summed E-state index contributed by atoms with van der Waals surface area (Å²) in [7, 11) is -3.71. The van der Waals surface area contributed by atoms with E-state index < -0.39 is 27.4 Å². The zero-order chi connectivity index (χ0) is 21.1. The minimum Gasteiger partial charge on any atom is -0.324 e. The zero-order valence-electron chi connectivity index (χ0n) is 16.2. The van der Waals surface area contributed by atoms with E-state index in [1.807, 2.05) is 26.0 Å². The molecular formula is C19H23N3O5S. The van der Waals surface area contributed by atoms with Crippen molar-refractivity contribution in [2.45, 2.75) is 26.7 Å². The Labute approximate surface area is 164 Å². The number of carbonyl (C=O) groups excluding carboxylic acids is 1. The number of benzene rings is 2. The Kier molecular flexibility index (Phi) is 6.40. The minimum absolute atomic E-state index is 0.123. The van der Waals surface area contributed by atoms with Crippen molar-refractivity contribution in [3.05, 3.63) is 63.7 Å². The summed E-state index contributed by atoms with van der Waals surface area (Å²) in [5, 5.41) is 13.6. The summed E-state index contributed by atoms with van der Waals surface area (Å²) in [4.78, 5) is 23.0. The highest BCUT2D eigenvalue weighted by Crippen LogP contribution is 2.26. The van der Waals surface area contributed by atoms with Crippen LogP contribution in [0.15, 0.2) is 42.5 Å². The summed E-state index contributed by atoms with van der Waals surface area (Å²) in [6.07, 6.45) is 1.02. The van der Waals surface area contributed by atoms with Crippen LogP contribution in [-0.4, -0.2) is 32.0 Å². The molecule has 1 N–H and O–H groups in total. The van der Waals surface area contributed by atoms with E-state index in [-0.39, 0.29) is 11.4 Å². The Hall–Kier alpha value is -2.94. The van der Waals surface area contributed by atoms with E-state index in [0.29, 0.717) is 17.2 Å². The van der Waals surface area contributed by atoms with Crippen molar-refractivity contribution in [1.29, 1.82) is 0 Å². The molecule has 0 atom stereocenters. The van der Waals surface area contributed by atoms with Gasteiger partial charge in [0.15, 0.2) is 0 Å². The largest absolute Gasteiger partial charge is 0.324 e. The van der Waals surface area contributed by atoms with E-state index in [9.17, 15) is 23.3 Å². The molecule has 0 aliphatic heterocycles.